The Hall–Kier alpha value is -1.56. The highest BCUT2D eigenvalue weighted by atomic mass is 79.9. The maximum Gasteiger partial charge on any atom is 0.323 e. The molecule has 5 nitrogen and oxygen atoms in total. The third kappa shape index (κ3) is 3.74. The summed E-state index contributed by atoms with van der Waals surface area (Å²) in [6, 6.07) is 4.81. The SMILES string of the molecule is CCN(CC(=O)O)C(=O)c1cc(N)cc(Br)c1. The molecule has 92 valence electrons. The van der Waals surface area contributed by atoms with Crippen molar-refractivity contribution >= 4 is 33.5 Å². The minimum absolute atomic E-state index is 0.318. The summed E-state index contributed by atoms with van der Waals surface area (Å²) < 4.78 is 0.687. The summed E-state index contributed by atoms with van der Waals surface area (Å²) in [6.45, 7) is 1.74. The molecule has 0 atom stereocenters. The zero-order valence-corrected chi connectivity index (χ0v) is 10.9. The van der Waals surface area contributed by atoms with Crippen LogP contribution in [-0.4, -0.2) is 35.0 Å². The molecule has 1 aromatic rings. The second-order valence-corrected chi connectivity index (χ2v) is 4.40. The van der Waals surface area contributed by atoms with Crippen molar-refractivity contribution in [1.82, 2.24) is 4.90 Å². The lowest BCUT2D eigenvalue weighted by Gasteiger charge is -2.18. The third-order valence-corrected chi connectivity index (χ3v) is 2.62. The summed E-state index contributed by atoms with van der Waals surface area (Å²) in [5, 5.41) is 8.69. The van der Waals surface area contributed by atoms with Gasteiger partial charge < -0.3 is 15.7 Å². The van der Waals surface area contributed by atoms with Crippen molar-refractivity contribution in [3.8, 4) is 0 Å². The molecule has 0 bridgehead atoms. The topological polar surface area (TPSA) is 83.6 Å². The van der Waals surface area contributed by atoms with E-state index in [0.717, 1.165) is 0 Å². The quantitative estimate of drug-likeness (QED) is 0.827. The number of likely N-dealkylation sites (N-methyl/N-ethyl adjacent to an activating group) is 1. The molecule has 0 saturated heterocycles. The molecule has 0 spiro atoms. The van der Waals surface area contributed by atoms with Gasteiger partial charge in [0.1, 0.15) is 6.54 Å². The van der Waals surface area contributed by atoms with Crippen LogP contribution in [0.4, 0.5) is 5.69 Å². The number of carboxylic acids is 1. The van der Waals surface area contributed by atoms with Crippen LogP contribution >= 0.6 is 15.9 Å². The number of nitrogens with two attached hydrogens (primary N) is 1. The number of nitrogens with zero attached hydrogens (tertiary/aromatic N) is 1. The van der Waals surface area contributed by atoms with Gasteiger partial charge in [-0.3, -0.25) is 9.59 Å². The fourth-order valence-corrected chi connectivity index (χ4v) is 1.92. The van der Waals surface area contributed by atoms with E-state index < -0.39 is 5.97 Å². The van der Waals surface area contributed by atoms with Crippen molar-refractivity contribution in [2.75, 3.05) is 18.8 Å². The first-order valence-corrected chi connectivity index (χ1v) is 5.80. The number of benzene rings is 1. The highest BCUT2D eigenvalue weighted by Crippen LogP contribution is 2.18. The molecular formula is C11H13BrN2O3. The van der Waals surface area contributed by atoms with Crippen LogP contribution in [0, 0.1) is 0 Å². The molecule has 1 rings (SSSR count). The first-order chi connectivity index (χ1) is 7.93. The number of rotatable bonds is 4. The third-order valence-electron chi connectivity index (χ3n) is 2.16. The summed E-state index contributed by atoms with van der Waals surface area (Å²) in [7, 11) is 0. The molecule has 1 aromatic carbocycles. The molecule has 0 aliphatic carbocycles. The van der Waals surface area contributed by atoms with Gasteiger partial charge in [-0.25, -0.2) is 0 Å². The lowest BCUT2D eigenvalue weighted by atomic mass is 10.2. The Morgan fingerprint density at radius 3 is 2.53 bits per heavy atom. The van der Waals surface area contributed by atoms with Crippen LogP contribution in [0.1, 0.15) is 17.3 Å². The van der Waals surface area contributed by atoms with Crippen LogP contribution in [0.2, 0.25) is 0 Å². The standard InChI is InChI=1S/C11H13BrN2O3/c1-2-14(6-10(15)16)11(17)7-3-8(12)5-9(13)4-7/h3-5H,2,6,13H2,1H3,(H,15,16). The average Bonchev–Trinajstić information content (AvgIpc) is 2.23. The number of carbonyl (C=O) groups is 2. The fourth-order valence-electron chi connectivity index (χ4n) is 1.41. The van der Waals surface area contributed by atoms with Crippen LogP contribution in [0.5, 0.6) is 0 Å². The summed E-state index contributed by atoms with van der Waals surface area (Å²) in [4.78, 5) is 23.9. The summed E-state index contributed by atoms with van der Waals surface area (Å²) in [5.41, 5.74) is 6.45. The number of hydrogen-bond donors (Lipinski definition) is 2. The number of halogens is 1. The number of amides is 1. The smallest absolute Gasteiger partial charge is 0.323 e. The minimum atomic E-state index is -1.04. The van der Waals surface area contributed by atoms with E-state index >= 15 is 0 Å². The zero-order chi connectivity index (χ0) is 13.0. The lowest BCUT2D eigenvalue weighted by Crippen LogP contribution is -2.35. The van der Waals surface area contributed by atoms with E-state index in [-0.39, 0.29) is 12.5 Å². The van der Waals surface area contributed by atoms with E-state index in [1.807, 2.05) is 0 Å². The number of aliphatic carboxylic acids is 1. The van der Waals surface area contributed by atoms with E-state index in [0.29, 0.717) is 22.3 Å². The molecule has 1 amide bonds. The van der Waals surface area contributed by atoms with Gasteiger partial charge in [0.05, 0.1) is 0 Å². The van der Waals surface area contributed by atoms with Crippen molar-refractivity contribution in [1.29, 1.82) is 0 Å². The Labute approximate surface area is 107 Å². The largest absolute Gasteiger partial charge is 0.480 e. The highest BCUT2D eigenvalue weighted by Gasteiger charge is 2.17. The molecule has 0 heterocycles. The number of anilines is 1. The van der Waals surface area contributed by atoms with Gasteiger partial charge in [-0.2, -0.15) is 0 Å². The van der Waals surface area contributed by atoms with Gasteiger partial charge in [0.15, 0.2) is 0 Å². The zero-order valence-electron chi connectivity index (χ0n) is 9.31. The maximum absolute atomic E-state index is 12.0. The Morgan fingerprint density at radius 1 is 1.41 bits per heavy atom. The average molecular weight is 301 g/mol. The summed E-state index contributed by atoms with van der Waals surface area (Å²) in [6.07, 6.45) is 0. The molecule has 6 heteroatoms. The van der Waals surface area contributed by atoms with Gasteiger partial charge in [0, 0.05) is 22.3 Å². The Morgan fingerprint density at radius 2 is 2.06 bits per heavy atom. The molecule has 0 saturated carbocycles. The first kappa shape index (κ1) is 13.5. The van der Waals surface area contributed by atoms with Gasteiger partial charge in [0.2, 0.25) is 0 Å². The second-order valence-electron chi connectivity index (χ2n) is 3.49. The van der Waals surface area contributed by atoms with Gasteiger partial charge in [-0.15, -0.1) is 0 Å². The maximum atomic E-state index is 12.0. The minimum Gasteiger partial charge on any atom is -0.480 e. The van der Waals surface area contributed by atoms with Gasteiger partial charge >= 0.3 is 5.97 Å². The Bertz CT molecular complexity index is 428. The molecule has 3 N–H and O–H groups in total. The predicted octanol–water partition coefficient (Wildman–Crippen LogP) is 1.58. The van der Waals surface area contributed by atoms with Crippen molar-refractivity contribution in [3.05, 3.63) is 28.2 Å². The molecular weight excluding hydrogens is 288 g/mol. The normalized spacial score (nSPS) is 10.0. The van der Waals surface area contributed by atoms with E-state index in [4.69, 9.17) is 10.8 Å². The lowest BCUT2D eigenvalue weighted by molar-refractivity contribution is -0.137. The molecule has 17 heavy (non-hydrogen) atoms. The van der Waals surface area contributed by atoms with Crippen molar-refractivity contribution in [2.45, 2.75) is 6.92 Å². The van der Waals surface area contributed by atoms with Crippen molar-refractivity contribution in [3.63, 3.8) is 0 Å². The number of carbonyl (C=O) groups excluding carboxylic acids is 1. The Balaban J connectivity index is 2.97. The van der Waals surface area contributed by atoms with Crippen molar-refractivity contribution < 1.29 is 14.7 Å². The van der Waals surface area contributed by atoms with Gasteiger partial charge in [-0.1, -0.05) is 15.9 Å². The molecule has 0 aromatic heterocycles. The van der Waals surface area contributed by atoms with Crippen LogP contribution in [0.3, 0.4) is 0 Å². The Kier molecular flexibility index (Phi) is 4.51. The first-order valence-electron chi connectivity index (χ1n) is 5.01. The van der Waals surface area contributed by atoms with Crippen LogP contribution in [-0.2, 0) is 4.79 Å². The summed E-state index contributed by atoms with van der Waals surface area (Å²) >= 11 is 3.24. The van der Waals surface area contributed by atoms with E-state index in [1.165, 1.54) is 11.0 Å². The predicted molar refractivity (Wildman–Crippen MR) is 67.8 cm³/mol. The molecule has 0 aliphatic heterocycles. The second kappa shape index (κ2) is 5.67. The van der Waals surface area contributed by atoms with Crippen molar-refractivity contribution in [2.24, 2.45) is 0 Å². The monoisotopic (exact) mass is 300 g/mol. The molecule has 0 unspecified atom stereocenters. The fraction of sp³-hybridized carbons (Fsp3) is 0.273. The van der Waals surface area contributed by atoms with Crippen LogP contribution in [0.25, 0.3) is 0 Å². The summed E-state index contributed by atoms with van der Waals surface area (Å²) in [5.74, 6) is -1.38. The highest BCUT2D eigenvalue weighted by molar-refractivity contribution is 9.10. The van der Waals surface area contributed by atoms with E-state index in [1.54, 1.807) is 19.1 Å². The molecule has 0 radical (unpaired) electrons. The number of hydrogen-bond acceptors (Lipinski definition) is 3. The van der Waals surface area contributed by atoms with E-state index in [9.17, 15) is 9.59 Å². The van der Waals surface area contributed by atoms with E-state index in [2.05, 4.69) is 15.9 Å². The van der Waals surface area contributed by atoms with Gasteiger partial charge in [-0.05, 0) is 25.1 Å². The molecule has 0 aliphatic rings. The number of carboxylic acid groups (broad SMARTS) is 1. The van der Waals surface area contributed by atoms with Gasteiger partial charge in [0.25, 0.3) is 5.91 Å². The van der Waals surface area contributed by atoms with Crippen LogP contribution in [0.15, 0.2) is 22.7 Å². The number of nitrogen functional groups attached to an aromatic ring is 1. The molecule has 0 fully saturated rings. The van der Waals surface area contributed by atoms with Crippen LogP contribution < -0.4 is 5.73 Å².